The van der Waals surface area contributed by atoms with Gasteiger partial charge in [-0.3, -0.25) is 4.79 Å². The zero-order chi connectivity index (χ0) is 15.5. The third kappa shape index (κ3) is 2.69. The maximum atomic E-state index is 12.4. The highest BCUT2D eigenvalue weighted by Crippen LogP contribution is 2.27. The Hall–Kier alpha value is -2.35. The number of hydrogen-bond donors (Lipinski definition) is 0. The van der Waals surface area contributed by atoms with Crippen molar-refractivity contribution in [2.75, 3.05) is 18.0 Å². The van der Waals surface area contributed by atoms with E-state index in [1.165, 1.54) is 5.69 Å². The summed E-state index contributed by atoms with van der Waals surface area (Å²) in [5.74, 6) is 0.170. The van der Waals surface area contributed by atoms with Crippen molar-refractivity contribution in [3.8, 4) is 0 Å². The first-order chi connectivity index (χ1) is 10.7. The van der Waals surface area contributed by atoms with E-state index in [1.54, 1.807) is 0 Å². The fourth-order valence-electron chi connectivity index (χ4n) is 3.04. The van der Waals surface area contributed by atoms with E-state index in [2.05, 4.69) is 43.0 Å². The molecule has 112 valence electrons. The monoisotopic (exact) mass is 291 g/mol. The van der Waals surface area contributed by atoms with Crippen LogP contribution in [0, 0.1) is 0 Å². The number of nitrogens with zero attached hydrogens (tertiary/aromatic N) is 1. The second-order valence-corrected chi connectivity index (χ2v) is 5.60. The van der Waals surface area contributed by atoms with Crippen molar-refractivity contribution in [3.05, 3.63) is 70.8 Å². The van der Waals surface area contributed by atoms with E-state index in [0.717, 1.165) is 41.8 Å². The standard InChI is InChI=1S/C20H21NO/c1-3-21(4-2)18-11-9-15(10-12-18)13-17-14-16-7-5-6-8-19(16)20(17)22/h5-13H,3-4,14H2,1-2H3/b17-13-. The first-order valence-electron chi connectivity index (χ1n) is 7.91. The minimum atomic E-state index is 0.170. The number of ketones is 1. The maximum Gasteiger partial charge on any atom is 0.189 e. The predicted octanol–water partition coefficient (Wildman–Crippen LogP) is 4.36. The summed E-state index contributed by atoms with van der Waals surface area (Å²) in [4.78, 5) is 14.7. The average Bonchev–Trinajstić information content (AvgIpc) is 2.87. The molecular weight excluding hydrogens is 270 g/mol. The number of hydrogen-bond acceptors (Lipinski definition) is 2. The Morgan fingerprint density at radius 3 is 2.32 bits per heavy atom. The number of fused-ring (bicyclic) bond motifs is 1. The Bertz CT molecular complexity index is 709. The molecule has 0 atom stereocenters. The molecule has 0 unspecified atom stereocenters. The summed E-state index contributed by atoms with van der Waals surface area (Å²) in [5.41, 5.74) is 5.20. The normalized spacial score (nSPS) is 15.2. The van der Waals surface area contributed by atoms with Crippen LogP contribution in [0.2, 0.25) is 0 Å². The molecule has 0 saturated heterocycles. The number of allylic oxidation sites excluding steroid dienone is 1. The largest absolute Gasteiger partial charge is 0.372 e. The van der Waals surface area contributed by atoms with Gasteiger partial charge in [0.25, 0.3) is 0 Å². The number of carbonyl (C=O) groups is 1. The molecule has 0 heterocycles. The van der Waals surface area contributed by atoms with Crippen molar-refractivity contribution in [1.29, 1.82) is 0 Å². The van der Waals surface area contributed by atoms with Crippen LogP contribution >= 0.6 is 0 Å². The van der Waals surface area contributed by atoms with E-state index in [1.807, 2.05) is 30.3 Å². The molecule has 2 aromatic carbocycles. The van der Waals surface area contributed by atoms with Crippen molar-refractivity contribution in [2.24, 2.45) is 0 Å². The summed E-state index contributed by atoms with van der Waals surface area (Å²) >= 11 is 0. The van der Waals surface area contributed by atoms with Crippen LogP contribution in [-0.4, -0.2) is 18.9 Å². The highest BCUT2D eigenvalue weighted by atomic mass is 16.1. The topological polar surface area (TPSA) is 20.3 Å². The second-order valence-electron chi connectivity index (χ2n) is 5.60. The second kappa shape index (κ2) is 6.18. The highest BCUT2D eigenvalue weighted by molar-refractivity contribution is 6.15. The third-order valence-electron chi connectivity index (χ3n) is 4.30. The number of rotatable bonds is 4. The van der Waals surface area contributed by atoms with Gasteiger partial charge < -0.3 is 4.90 Å². The van der Waals surface area contributed by atoms with Gasteiger partial charge in [-0.2, -0.15) is 0 Å². The molecule has 0 fully saturated rings. The number of anilines is 1. The smallest absolute Gasteiger partial charge is 0.189 e. The van der Waals surface area contributed by atoms with Crippen LogP contribution in [0.25, 0.3) is 6.08 Å². The lowest BCUT2D eigenvalue weighted by Gasteiger charge is -2.20. The van der Waals surface area contributed by atoms with E-state index < -0.39 is 0 Å². The Balaban J connectivity index is 1.84. The number of benzene rings is 2. The lowest BCUT2D eigenvalue weighted by Crippen LogP contribution is -2.21. The molecule has 0 aliphatic heterocycles. The first-order valence-corrected chi connectivity index (χ1v) is 7.91. The van der Waals surface area contributed by atoms with Crippen LogP contribution in [0.3, 0.4) is 0 Å². The van der Waals surface area contributed by atoms with E-state index in [9.17, 15) is 4.79 Å². The van der Waals surface area contributed by atoms with Crippen molar-refractivity contribution in [3.63, 3.8) is 0 Å². The van der Waals surface area contributed by atoms with E-state index in [4.69, 9.17) is 0 Å². The molecule has 2 aromatic rings. The molecule has 1 aliphatic rings. The van der Waals surface area contributed by atoms with E-state index >= 15 is 0 Å². The van der Waals surface area contributed by atoms with E-state index in [0.29, 0.717) is 0 Å². The fraction of sp³-hybridized carbons (Fsp3) is 0.250. The van der Waals surface area contributed by atoms with Gasteiger partial charge in [-0.05, 0) is 43.2 Å². The van der Waals surface area contributed by atoms with Crippen LogP contribution in [0.4, 0.5) is 5.69 Å². The van der Waals surface area contributed by atoms with Crippen LogP contribution < -0.4 is 4.90 Å². The lowest BCUT2D eigenvalue weighted by atomic mass is 10.1. The average molecular weight is 291 g/mol. The summed E-state index contributed by atoms with van der Waals surface area (Å²) < 4.78 is 0. The van der Waals surface area contributed by atoms with Crippen molar-refractivity contribution in [2.45, 2.75) is 20.3 Å². The minimum Gasteiger partial charge on any atom is -0.372 e. The molecule has 22 heavy (non-hydrogen) atoms. The molecule has 0 radical (unpaired) electrons. The molecule has 3 rings (SSSR count). The third-order valence-corrected chi connectivity index (χ3v) is 4.30. The lowest BCUT2D eigenvalue weighted by molar-refractivity contribution is 0.104. The van der Waals surface area contributed by atoms with Crippen LogP contribution in [0.1, 0.15) is 35.3 Å². The zero-order valence-electron chi connectivity index (χ0n) is 13.2. The minimum absolute atomic E-state index is 0.170. The molecular formula is C20H21NO. The Morgan fingerprint density at radius 2 is 1.68 bits per heavy atom. The summed E-state index contributed by atoms with van der Waals surface area (Å²) in [6.45, 7) is 6.33. The Labute approximate surface area is 132 Å². The van der Waals surface area contributed by atoms with Crippen LogP contribution in [-0.2, 0) is 6.42 Å². The highest BCUT2D eigenvalue weighted by Gasteiger charge is 2.23. The SMILES string of the molecule is CCN(CC)c1ccc(/C=C2/Cc3ccccc3C2=O)cc1. The van der Waals surface area contributed by atoms with Crippen molar-refractivity contribution in [1.82, 2.24) is 0 Å². The molecule has 0 N–H and O–H groups in total. The van der Waals surface area contributed by atoms with E-state index in [-0.39, 0.29) is 5.78 Å². The molecule has 2 nitrogen and oxygen atoms in total. The van der Waals surface area contributed by atoms with Gasteiger partial charge in [0.05, 0.1) is 0 Å². The molecule has 0 amide bonds. The van der Waals surface area contributed by atoms with Gasteiger partial charge in [0, 0.05) is 36.3 Å². The molecule has 0 spiro atoms. The van der Waals surface area contributed by atoms with Crippen molar-refractivity contribution >= 4 is 17.5 Å². The number of carbonyl (C=O) groups excluding carboxylic acids is 1. The van der Waals surface area contributed by atoms with Gasteiger partial charge in [0.2, 0.25) is 0 Å². The Morgan fingerprint density at radius 1 is 1.00 bits per heavy atom. The summed E-state index contributed by atoms with van der Waals surface area (Å²) in [5, 5.41) is 0. The van der Waals surface area contributed by atoms with Crippen LogP contribution in [0.15, 0.2) is 54.1 Å². The predicted molar refractivity (Wildman–Crippen MR) is 92.5 cm³/mol. The van der Waals surface area contributed by atoms with Crippen molar-refractivity contribution < 1.29 is 4.79 Å². The molecule has 0 bridgehead atoms. The zero-order valence-corrected chi connectivity index (χ0v) is 13.2. The van der Waals surface area contributed by atoms with Gasteiger partial charge in [-0.25, -0.2) is 0 Å². The maximum absolute atomic E-state index is 12.4. The van der Waals surface area contributed by atoms with Crippen LogP contribution in [0.5, 0.6) is 0 Å². The fourth-order valence-corrected chi connectivity index (χ4v) is 3.04. The Kier molecular flexibility index (Phi) is 4.10. The molecule has 0 saturated carbocycles. The quantitative estimate of drug-likeness (QED) is 0.780. The molecule has 2 heteroatoms. The van der Waals surface area contributed by atoms with Gasteiger partial charge in [-0.15, -0.1) is 0 Å². The van der Waals surface area contributed by atoms with Gasteiger partial charge in [0.15, 0.2) is 5.78 Å². The summed E-state index contributed by atoms with van der Waals surface area (Å²) in [6.07, 6.45) is 2.77. The molecule has 1 aliphatic carbocycles. The first kappa shape index (κ1) is 14.6. The van der Waals surface area contributed by atoms with Gasteiger partial charge >= 0.3 is 0 Å². The van der Waals surface area contributed by atoms with Gasteiger partial charge in [0.1, 0.15) is 0 Å². The summed E-state index contributed by atoms with van der Waals surface area (Å²) in [7, 11) is 0. The molecule has 0 aromatic heterocycles. The summed E-state index contributed by atoms with van der Waals surface area (Å²) in [6, 6.07) is 16.3. The number of Topliss-reactive ketones (excluding diaryl/α,β-unsaturated/α-hetero) is 1. The van der Waals surface area contributed by atoms with Gasteiger partial charge in [-0.1, -0.05) is 36.4 Å².